The number of rotatable bonds is 6. The van der Waals surface area contributed by atoms with Gasteiger partial charge < -0.3 is 0 Å². The van der Waals surface area contributed by atoms with Crippen LogP contribution in [0.5, 0.6) is 0 Å². The van der Waals surface area contributed by atoms with E-state index in [0.29, 0.717) is 13.1 Å². The fourth-order valence-corrected chi connectivity index (χ4v) is 4.92. The minimum Gasteiger partial charge on any atom is -0.284 e. The molecule has 0 aliphatic carbocycles. The van der Waals surface area contributed by atoms with Gasteiger partial charge in [0.25, 0.3) is 0 Å². The normalized spacial score (nSPS) is 18.2. The van der Waals surface area contributed by atoms with Gasteiger partial charge in [0.1, 0.15) is 5.01 Å². The van der Waals surface area contributed by atoms with E-state index < -0.39 is 10.0 Å². The van der Waals surface area contributed by atoms with Crippen LogP contribution in [0, 0.1) is 10.9 Å². The molecular formula is C12H22N4O2S3. The fraction of sp³-hybridized carbons (Fsp3) is 0.833. The van der Waals surface area contributed by atoms with Crippen molar-refractivity contribution in [3.05, 3.63) is 8.96 Å². The Morgan fingerprint density at radius 3 is 2.62 bits per heavy atom. The molecule has 0 bridgehead atoms. The summed E-state index contributed by atoms with van der Waals surface area (Å²) in [6, 6.07) is 0.0583. The Bertz CT molecular complexity index is 615. The first-order valence-electron chi connectivity index (χ1n) is 7.16. The Morgan fingerprint density at radius 1 is 1.43 bits per heavy atom. The molecule has 2 heterocycles. The molecule has 1 aliphatic heterocycles. The van der Waals surface area contributed by atoms with Crippen LogP contribution in [-0.2, 0) is 16.7 Å². The quantitative estimate of drug-likeness (QED) is 0.792. The van der Waals surface area contributed by atoms with Crippen molar-refractivity contribution in [1.29, 1.82) is 0 Å². The summed E-state index contributed by atoms with van der Waals surface area (Å²) >= 11 is 6.79. The maximum Gasteiger partial charge on any atom is 0.211 e. The van der Waals surface area contributed by atoms with Crippen LogP contribution in [0.15, 0.2) is 0 Å². The second kappa shape index (κ2) is 7.28. The zero-order chi connectivity index (χ0) is 15.5. The molecule has 1 fully saturated rings. The molecule has 0 spiro atoms. The first-order valence-corrected chi connectivity index (χ1v) is 10.0. The van der Waals surface area contributed by atoms with Gasteiger partial charge in [0.2, 0.25) is 10.0 Å². The van der Waals surface area contributed by atoms with E-state index in [-0.39, 0.29) is 11.8 Å². The van der Waals surface area contributed by atoms with E-state index in [9.17, 15) is 8.42 Å². The molecule has 1 saturated heterocycles. The molecule has 120 valence electrons. The van der Waals surface area contributed by atoms with Gasteiger partial charge in [-0.1, -0.05) is 18.3 Å². The van der Waals surface area contributed by atoms with E-state index >= 15 is 0 Å². The van der Waals surface area contributed by atoms with Crippen molar-refractivity contribution in [2.75, 3.05) is 18.8 Å². The predicted octanol–water partition coefficient (Wildman–Crippen LogP) is 1.73. The zero-order valence-electron chi connectivity index (χ0n) is 12.4. The SMILES string of the molecule is CCCS(=O)(=O)NC1CCN(Cn2nc(C)sc2=S)CC1. The van der Waals surface area contributed by atoms with Crippen molar-refractivity contribution < 1.29 is 8.42 Å². The van der Waals surface area contributed by atoms with E-state index in [0.717, 1.165) is 34.9 Å². The van der Waals surface area contributed by atoms with Gasteiger partial charge in [-0.2, -0.15) is 5.10 Å². The van der Waals surface area contributed by atoms with Crippen molar-refractivity contribution in [2.24, 2.45) is 0 Å². The molecule has 1 N–H and O–H groups in total. The molecule has 1 aromatic heterocycles. The lowest BCUT2D eigenvalue weighted by Crippen LogP contribution is -2.45. The molecule has 21 heavy (non-hydrogen) atoms. The Balaban J connectivity index is 1.83. The van der Waals surface area contributed by atoms with Crippen molar-refractivity contribution in [3.8, 4) is 0 Å². The molecular weight excluding hydrogens is 328 g/mol. The van der Waals surface area contributed by atoms with E-state index in [1.54, 1.807) is 0 Å². The molecule has 0 amide bonds. The van der Waals surface area contributed by atoms with Crippen LogP contribution in [-0.4, -0.2) is 48.0 Å². The summed E-state index contributed by atoms with van der Waals surface area (Å²) in [6.45, 7) is 6.24. The number of aromatic nitrogens is 2. The van der Waals surface area contributed by atoms with Crippen molar-refractivity contribution in [1.82, 2.24) is 19.4 Å². The van der Waals surface area contributed by atoms with E-state index in [1.165, 1.54) is 11.3 Å². The van der Waals surface area contributed by atoms with Gasteiger partial charge in [-0.15, -0.1) is 0 Å². The third-order valence-electron chi connectivity index (χ3n) is 3.45. The van der Waals surface area contributed by atoms with Gasteiger partial charge >= 0.3 is 0 Å². The molecule has 2 rings (SSSR count). The van der Waals surface area contributed by atoms with E-state index in [1.807, 2.05) is 18.5 Å². The second-order valence-corrected chi connectivity index (χ2v) is 9.06. The molecule has 0 radical (unpaired) electrons. The average Bonchev–Trinajstić information content (AvgIpc) is 2.70. The lowest BCUT2D eigenvalue weighted by Gasteiger charge is -2.31. The fourth-order valence-electron chi connectivity index (χ4n) is 2.46. The molecule has 1 aliphatic rings. The molecule has 1 aromatic rings. The van der Waals surface area contributed by atoms with Gasteiger partial charge in [0.05, 0.1) is 12.4 Å². The van der Waals surface area contributed by atoms with Gasteiger partial charge in [0.15, 0.2) is 3.95 Å². The number of piperidine rings is 1. The second-order valence-electron chi connectivity index (χ2n) is 5.36. The summed E-state index contributed by atoms with van der Waals surface area (Å²) in [5.74, 6) is 0.209. The lowest BCUT2D eigenvalue weighted by atomic mass is 10.1. The van der Waals surface area contributed by atoms with Crippen LogP contribution in [0.3, 0.4) is 0 Å². The monoisotopic (exact) mass is 350 g/mol. The number of sulfonamides is 1. The highest BCUT2D eigenvalue weighted by Gasteiger charge is 2.23. The van der Waals surface area contributed by atoms with Crippen molar-refractivity contribution in [2.45, 2.75) is 45.8 Å². The zero-order valence-corrected chi connectivity index (χ0v) is 14.9. The highest BCUT2D eigenvalue weighted by molar-refractivity contribution is 7.89. The third kappa shape index (κ3) is 5.10. The van der Waals surface area contributed by atoms with Gasteiger partial charge in [-0.05, 0) is 38.4 Å². The molecule has 0 saturated carbocycles. The number of nitrogens with one attached hydrogen (secondary N) is 1. The Morgan fingerprint density at radius 2 is 2.10 bits per heavy atom. The minimum atomic E-state index is -3.11. The highest BCUT2D eigenvalue weighted by atomic mass is 32.2. The first kappa shape index (κ1) is 17.0. The Kier molecular flexibility index (Phi) is 5.89. The largest absolute Gasteiger partial charge is 0.284 e. The molecule has 0 aromatic carbocycles. The summed E-state index contributed by atoms with van der Waals surface area (Å²) in [7, 11) is -3.11. The van der Waals surface area contributed by atoms with Crippen LogP contribution in [0.4, 0.5) is 0 Å². The Labute approximate surface area is 135 Å². The summed E-state index contributed by atoms with van der Waals surface area (Å²) in [5.41, 5.74) is 0. The van der Waals surface area contributed by atoms with Crippen molar-refractivity contribution >= 4 is 33.6 Å². The Hall–Kier alpha value is -0.350. The van der Waals surface area contributed by atoms with Gasteiger partial charge in [-0.3, -0.25) is 4.90 Å². The van der Waals surface area contributed by atoms with Crippen LogP contribution >= 0.6 is 23.6 Å². The summed E-state index contributed by atoms with van der Waals surface area (Å²) in [4.78, 5) is 2.26. The number of hydrogen-bond acceptors (Lipinski definition) is 6. The number of aryl methyl sites for hydroxylation is 1. The van der Waals surface area contributed by atoms with Crippen LogP contribution in [0.2, 0.25) is 0 Å². The van der Waals surface area contributed by atoms with Crippen LogP contribution in [0.25, 0.3) is 0 Å². The summed E-state index contributed by atoms with van der Waals surface area (Å²) in [6.07, 6.45) is 2.31. The molecule has 6 nitrogen and oxygen atoms in total. The van der Waals surface area contributed by atoms with E-state index in [4.69, 9.17) is 12.2 Å². The van der Waals surface area contributed by atoms with Gasteiger partial charge in [0, 0.05) is 19.1 Å². The highest BCUT2D eigenvalue weighted by Crippen LogP contribution is 2.14. The number of nitrogens with zero attached hydrogens (tertiary/aromatic N) is 3. The first-order chi connectivity index (χ1) is 9.89. The van der Waals surface area contributed by atoms with Gasteiger partial charge in [-0.25, -0.2) is 17.8 Å². The maximum atomic E-state index is 11.8. The van der Waals surface area contributed by atoms with Crippen molar-refractivity contribution in [3.63, 3.8) is 0 Å². The van der Waals surface area contributed by atoms with Crippen LogP contribution in [0.1, 0.15) is 31.2 Å². The van der Waals surface area contributed by atoms with Crippen LogP contribution < -0.4 is 4.72 Å². The standard InChI is InChI=1S/C12H22N4O2S3/c1-3-8-21(17,18)14-11-4-6-15(7-5-11)9-16-12(19)20-10(2)13-16/h11,14H,3-9H2,1-2H3. The summed E-state index contributed by atoms with van der Waals surface area (Å²) in [5, 5.41) is 5.36. The molecule has 0 atom stereocenters. The maximum absolute atomic E-state index is 11.8. The molecule has 9 heteroatoms. The molecule has 0 unspecified atom stereocenters. The smallest absolute Gasteiger partial charge is 0.211 e. The average molecular weight is 351 g/mol. The summed E-state index contributed by atoms with van der Waals surface area (Å²) < 4.78 is 29.0. The number of likely N-dealkylation sites (tertiary alicyclic amines) is 1. The van der Waals surface area contributed by atoms with E-state index in [2.05, 4.69) is 14.7 Å². The predicted molar refractivity (Wildman–Crippen MR) is 87.5 cm³/mol. The topological polar surface area (TPSA) is 67.2 Å². The third-order valence-corrected chi connectivity index (χ3v) is 6.31. The number of hydrogen-bond donors (Lipinski definition) is 1. The lowest BCUT2D eigenvalue weighted by molar-refractivity contribution is 0.157. The minimum absolute atomic E-state index is 0.0583.